The molecule has 4 heteroatoms. The smallest absolute Gasteiger partial charge is 0.129 e. The molecule has 0 aromatic carbocycles. The molecule has 1 atom stereocenters. The Labute approximate surface area is 97.1 Å². The van der Waals surface area contributed by atoms with Crippen molar-refractivity contribution in [2.24, 2.45) is 5.92 Å². The summed E-state index contributed by atoms with van der Waals surface area (Å²) in [7, 11) is 0. The van der Waals surface area contributed by atoms with Crippen molar-refractivity contribution in [1.29, 1.82) is 0 Å². The zero-order chi connectivity index (χ0) is 12.0. The highest BCUT2D eigenvalue weighted by Crippen LogP contribution is 2.07. The van der Waals surface area contributed by atoms with E-state index in [2.05, 4.69) is 22.2 Å². The number of hydrogen-bond acceptors (Lipinski definition) is 4. The zero-order valence-corrected chi connectivity index (χ0v) is 10.3. The van der Waals surface area contributed by atoms with E-state index < -0.39 is 0 Å². The van der Waals surface area contributed by atoms with E-state index >= 15 is 0 Å². The molecule has 0 fully saturated rings. The molecule has 0 aliphatic heterocycles. The Morgan fingerprint density at radius 1 is 1.38 bits per heavy atom. The van der Waals surface area contributed by atoms with E-state index in [1.54, 1.807) is 0 Å². The molecule has 4 nitrogen and oxygen atoms in total. The molecule has 90 valence electrons. The van der Waals surface area contributed by atoms with Crippen LogP contribution in [0, 0.1) is 19.8 Å². The van der Waals surface area contributed by atoms with Crippen molar-refractivity contribution in [3.63, 3.8) is 0 Å². The Bertz CT molecular complexity index is 308. The normalized spacial score (nSPS) is 12.5. The molecule has 2 N–H and O–H groups in total. The molecule has 1 rings (SSSR count). The number of aryl methyl sites for hydroxylation is 2. The number of hydrogen-bond donors (Lipinski definition) is 2. The van der Waals surface area contributed by atoms with Crippen molar-refractivity contribution in [3.8, 4) is 0 Å². The van der Waals surface area contributed by atoms with Gasteiger partial charge < -0.3 is 10.4 Å². The quantitative estimate of drug-likeness (QED) is 0.723. The zero-order valence-electron chi connectivity index (χ0n) is 10.3. The topological polar surface area (TPSA) is 58.0 Å². The van der Waals surface area contributed by atoms with Crippen LogP contribution in [0.2, 0.25) is 0 Å². The lowest BCUT2D eigenvalue weighted by Crippen LogP contribution is -2.08. The first-order valence-corrected chi connectivity index (χ1v) is 5.79. The monoisotopic (exact) mass is 223 g/mol. The second-order valence-electron chi connectivity index (χ2n) is 4.30. The molecule has 0 amide bonds. The van der Waals surface area contributed by atoms with Gasteiger partial charge in [0.25, 0.3) is 0 Å². The predicted molar refractivity (Wildman–Crippen MR) is 65.5 cm³/mol. The van der Waals surface area contributed by atoms with Gasteiger partial charge in [-0.2, -0.15) is 0 Å². The summed E-state index contributed by atoms with van der Waals surface area (Å²) in [6.45, 7) is 7.07. The van der Waals surface area contributed by atoms with Gasteiger partial charge in [-0.05, 0) is 32.6 Å². The number of nitrogens with one attached hydrogen (secondary N) is 1. The first-order chi connectivity index (χ1) is 7.61. The van der Waals surface area contributed by atoms with Gasteiger partial charge in [0, 0.05) is 24.9 Å². The van der Waals surface area contributed by atoms with Crippen LogP contribution in [0.15, 0.2) is 6.07 Å². The number of anilines is 1. The van der Waals surface area contributed by atoms with E-state index in [1.165, 1.54) is 0 Å². The minimum atomic E-state index is 0.270. The van der Waals surface area contributed by atoms with E-state index in [0.717, 1.165) is 36.7 Å². The first kappa shape index (κ1) is 12.9. The summed E-state index contributed by atoms with van der Waals surface area (Å²) in [4.78, 5) is 8.52. The summed E-state index contributed by atoms with van der Waals surface area (Å²) in [5.74, 6) is 2.07. The summed E-state index contributed by atoms with van der Waals surface area (Å²) in [6.07, 6.45) is 2.08. The van der Waals surface area contributed by atoms with E-state index in [0.29, 0.717) is 5.92 Å². The average molecular weight is 223 g/mol. The van der Waals surface area contributed by atoms with Gasteiger partial charge in [0.05, 0.1) is 0 Å². The van der Waals surface area contributed by atoms with Crippen molar-refractivity contribution in [3.05, 3.63) is 17.6 Å². The Kier molecular flexibility index (Phi) is 5.19. The molecule has 0 aliphatic rings. The maximum absolute atomic E-state index is 8.88. The van der Waals surface area contributed by atoms with Gasteiger partial charge in [0.2, 0.25) is 0 Å². The summed E-state index contributed by atoms with van der Waals surface area (Å²) >= 11 is 0. The Hall–Kier alpha value is -1.16. The minimum absolute atomic E-state index is 0.270. The molecule has 0 saturated carbocycles. The van der Waals surface area contributed by atoms with Crippen LogP contribution >= 0.6 is 0 Å². The van der Waals surface area contributed by atoms with Crippen molar-refractivity contribution in [2.75, 3.05) is 18.5 Å². The van der Waals surface area contributed by atoms with Crippen LogP contribution < -0.4 is 5.32 Å². The molecule has 1 heterocycles. The van der Waals surface area contributed by atoms with Crippen LogP contribution in [-0.2, 0) is 0 Å². The molecule has 0 spiro atoms. The van der Waals surface area contributed by atoms with Gasteiger partial charge in [-0.3, -0.25) is 0 Å². The van der Waals surface area contributed by atoms with Crippen LogP contribution in [-0.4, -0.2) is 28.2 Å². The predicted octanol–water partition coefficient (Wildman–Crippen LogP) is 1.91. The van der Waals surface area contributed by atoms with E-state index in [4.69, 9.17) is 5.11 Å². The van der Waals surface area contributed by atoms with Gasteiger partial charge in [-0.15, -0.1) is 0 Å². The lowest BCUT2D eigenvalue weighted by Gasteiger charge is -2.09. The highest BCUT2D eigenvalue weighted by Gasteiger charge is 2.00. The molecule has 0 bridgehead atoms. The maximum atomic E-state index is 8.88. The Morgan fingerprint density at radius 2 is 2.12 bits per heavy atom. The fourth-order valence-electron chi connectivity index (χ4n) is 1.57. The highest BCUT2D eigenvalue weighted by atomic mass is 16.3. The van der Waals surface area contributed by atoms with E-state index in [1.807, 2.05) is 19.9 Å². The summed E-state index contributed by atoms with van der Waals surface area (Å²) in [5, 5.41) is 12.2. The molecule has 0 saturated heterocycles. The number of aliphatic hydroxyl groups excluding tert-OH is 1. The molecular formula is C12H21N3O. The Morgan fingerprint density at radius 3 is 2.75 bits per heavy atom. The molecule has 0 aliphatic carbocycles. The highest BCUT2D eigenvalue weighted by molar-refractivity contribution is 5.35. The molecule has 0 radical (unpaired) electrons. The van der Waals surface area contributed by atoms with Crippen LogP contribution in [0.1, 0.15) is 31.3 Å². The van der Waals surface area contributed by atoms with Crippen LogP contribution in [0.3, 0.4) is 0 Å². The third kappa shape index (κ3) is 4.57. The molecule has 1 aromatic rings. The fourth-order valence-corrected chi connectivity index (χ4v) is 1.57. The largest absolute Gasteiger partial charge is 0.396 e. The molecule has 16 heavy (non-hydrogen) atoms. The summed E-state index contributed by atoms with van der Waals surface area (Å²) in [5.41, 5.74) is 0.985. The maximum Gasteiger partial charge on any atom is 0.129 e. The second kappa shape index (κ2) is 6.43. The third-order valence-electron chi connectivity index (χ3n) is 2.46. The SMILES string of the molecule is Cc1cc(NCCCC(C)CO)nc(C)n1. The summed E-state index contributed by atoms with van der Waals surface area (Å²) in [6, 6.07) is 1.95. The molecule has 1 unspecified atom stereocenters. The average Bonchev–Trinajstić information content (AvgIpc) is 2.22. The number of aliphatic hydroxyl groups is 1. The van der Waals surface area contributed by atoms with Gasteiger partial charge in [0.15, 0.2) is 0 Å². The number of aromatic nitrogens is 2. The van der Waals surface area contributed by atoms with Gasteiger partial charge >= 0.3 is 0 Å². The lowest BCUT2D eigenvalue weighted by molar-refractivity contribution is 0.229. The minimum Gasteiger partial charge on any atom is -0.396 e. The van der Waals surface area contributed by atoms with Gasteiger partial charge in [-0.1, -0.05) is 6.92 Å². The molecule has 1 aromatic heterocycles. The Balaban J connectivity index is 2.32. The van der Waals surface area contributed by atoms with Gasteiger partial charge in [0.1, 0.15) is 11.6 Å². The first-order valence-electron chi connectivity index (χ1n) is 5.79. The van der Waals surface area contributed by atoms with Crippen molar-refractivity contribution in [1.82, 2.24) is 9.97 Å². The van der Waals surface area contributed by atoms with Crippen molar-refractivity contribution >= 4 is 5.82 Å². The van der Waals surface area contributed by atoms with E-state index in [9.17, 15) is 0 Å². The number of rotatable bonds is 6. The van der Waals surface area contributed by atoms with E-state index in [-0.39, 0.29) is 6.61 Å². The second-order valence-corrected chi connectivity index (χ2v) is 4.30. The standard InChI is InChI=1S/C12H21N3O/c1-9(8-16)5-4-6-13-12-7-10(2)14-11(3)15-12/h7,9,16H,4-6,8H2,1-3H3,(H,13,14,15). The van der Waals surface area contributed by atoms with Gasteiger partial charge in [-0.25, -0.2) is 9.97 Å². The summed E-state index contributed by atoms with van der Waals surface area (Å²) < 4.78 is 0. The van der Waals surface area contributed by atoms with Crippen molar-refractivity contribution in [2.45, 2.75) is 33.6 Å². The molecular weight excluding hydrogens is 202 g/mol. The van der Waals surface area contributed by atoms with Crippen LogP contribution in [0.5, 0.6) is 0 Å². The van der Waals surface area contributed by atoms with Crippen LogP contribution in [0.25, 0.3) is 0 Å². The third-order valence-corrected chi connectivity index (χ3v) is 2.46. The van der Waals surface area contributed by atoms with Crippen LogP contribution in [0.4, 0.5) is 5.82 Å². The fraction of sp³-hybridized carbons (Fsp3) is 0.667. The number of nitrogens with zero attached hydrogens (tertiary/aromatic N) is 2. The van der Waals surface area contributed by atoms with Crippen molar-refractivity contribution < 1.29 is 5.11 Å². The lowest BCUT2D eigenvalue weighted by atomic mass is 10.1.